The fourth-order valence-corrected chi connectivity index (χ4v) is 3.02. The molecule has 0 saturated heterocycles. The Hall–Kier alpha value is -2.70. The summed E-state index contributed by atoms with van der Waals surface area (Å²) in [5, 5.41) is 12.2. The van der Waals surface area contributed by atoms with Crippen LogP contribution in [0, 0.1) is 0 Å². The van der Waals surface area contributed by atoms with Gasteiger partial charge in [-0.3, -0.25) is 0 Å². The molecule has 1 unspecified atom stereocenters. The van der Waals surface area contributed by atoms with E-state index in [4.69, 9.17) is 9.84 Å². The molecule has 0 aliphatic rings. The minimum absolute atomic E-state index is 0.147. The van der Waals surface area contributed by atoms with Crippen molar-refractivity contribution in [3.8, 4) is 0 Å². The van der Waals surface area contributed by atoms with Crippen molar-refractivity contribution < 1.29 is 14.6 Å². The summed E-state index contributed by atoms with van der Waals surface area (Å²) < 4.78 is 7.08. The molecular weight excluding hydrogens is 408 g/mol. The molecule has 1 aromatic heterocycles. The van der Waals surface area contributed by atoms with Crippen LogP contribution in [-0.4, -0.2) is 22.3 Å². The number of aromatic carboxylic acids is 1. The Morgan fingerprint density at radius 3 is 2.52 bits per heavy atom. The average molecular weight is 427 g/mol. The van der Waals surface area contributed by atoms with Gasteiger partial charge in [-0.2, -0.15) is 0 Å². The third kappa shape index (κ3) is 5.91. The summed E-state index contributed by atoms with van der Waals surface area (Å²) in [5.74, 6) is -0.437. The van der Waals surface area contributed by atoms with Gasteiger partial charge in [0.2, 0.25) is 0 Å². The van der Waals surface area contributed by atoms with Gasteiger partial charge in [-0.1, -0.05) is 58.4 Å². The smallest absolute Gasteiger partial charge is 0.337 e. The van der Waals surface area contributed by atoms with Gasteiger partial charge in [-0.15, -0.1) is 0 Å². The van der Waals surface area contributed by atoms with Crippen LogP contribution in [-0.2, 0) is 17.8 Å². The van der Waals surface area contributed by atoms with Crippen LogP contribution in [0.3, 0.4) is 0 Å². The zero-order valence-corrected chi connectivity index (χ0v) is 16.1. The van der Waals surface area contributed by atoms with E-state index >= 15 is 0 Å². The molecule has 0 amide bonds. The molecule has 0 saturated carbocycles. The summed E-state index contributed by atoms with van der Waals surface area (Å²) in [6.07, 6.45) is 1.65. The first-order valence-electron chi connectivity index (χ1n) is 8.46. The van der Waals surface area contributed by atoms with E-state index in [0.29, 0.717) is 18.8 Å². The lowest BCUT2D eigenvalue weighted by molar-refractivity contribution is 0.0593. The third-order valence-corrected chi connectivity index (χ3v) is 4.42. The Bertz CT molecular complexity index is 885. The lowest BCUT2D eigenvalue weighted by Crippen LogP contribution is -2.26. The first-order chi connectivity index (χ1) is 13.1. The van der Waals surface area contributed by atoms with E-state index < -0.39 is 5.97 Å². The van der Waals surface area contributed by atoms with Crippen LogP contribution in [0.5, 0.6) is 0 Å². The van der Waals surface area contributed by atoms with Crippen molar-refractivity contribution in [2.75, 3.05) is 5.32 Å². The lowest BCUT2D eigenvalue weighted by Gasteiger charge is -2.20. The summed E-state index contributed by atoms with van der Waals surface area (Å²) in [4.78, 5) is 15.2. The van der Waals surface area contributed by atoms with Gasteiger partial charge in [0.15, 0.2) is 0 Å². The Morgan fingerprint density at radius 2 is 1.85 bits per heavy atom. The van der Waals surface area contributed by atoms with Crippen molar-refractivity contribution >= 4 is 27.7 Å². The molecule has 5 nitrogen and oxygen atoms in total. The van der Waals surface area contributed by atoms with Crippen LogP contribution in [0.15, 0.2) is 77.4 Å². The van der Waals surface area contributed by atoms with Crippen LogP contribution < -0.4 is 5.32 Å². The molecule has 0 aliphatic heterocycles. The van der Waals surface area contributed by atoms with E-state index in [-0.39, 0.29) is 11.8 Å². The Morgan fingerprint density at radius 1 is 1.07 bits per heavy atom. The number of hydrogen-bond donors (Lipinski definition) is 2. The van der Waals surface area contributed by atoms with Gasteiger partial charge in [0.05, 0.1) is 12.2 Å². The monoisotopic (exact) mass is 426 g/mol. The van der Waals surface area contributed by atoms with E-state index in [1.54, 1.807) is 6.07 Å². The summed E-state index contributed by atoms with van der Waals surface area (Å²) in [6.45, 7) is 0.458. The van der Waals surface area contributed by atoms with E-state index in [0.717, 1.165) is 15.6 Å². The number of aromatic nitrogens is 1. The fraction of sp³-hybridized carbons (Fsp3) is 0.143. The highest BCUT2D eigenvalue weighted by Gasteiger charge is 2.12. The number of hydrogen-bond acceptors (Lipinski definition) is 4. The van der Waals surface area contributed by atoms with E-state index in [9.17, 15) is 4.79 Å². The molecule has 27 heavy (non-hydrogen) atoms. The number of pyridine rings is 1. The maximum atomic E-state index is 11.0. The van der Waals surface area contributed by atoms with Crippen LogP contribution in [0.4, 0.5) is 5.82 Å². The van der Waals surface area contributed by atoms with Gasteiger partial charge < -0.3 is 15.2 Å². The van der Waals surface area contributed by atoms with E-state index in [1.807, 2.05) is 54.6 Å². The number of anilines is 1. The van der Waals surface area contributed by atoms with Crippen molar-refractivity contribution in [1.29, 1.82) is 0 Å². The topological polar surface area (TPSA) is 71.5 Å². The molecule has 2 aromatic carbocycles. The molecular formula is C21H19BrN2O3. The van der Waals surface area contributed by atoms with Crippen LogP contribution >= 0.6 is 15.9 Å². The van der Waals surface area contributed by atoms with Gasteiger partial charge >= 0.3 is 5.97 Å². The van der Waals surface area contributed by atoms with Crippen LogP contribution in [0.2, 0.25) is 0 Å². The molecule has 3 rings (SSSR count). The van der Waals surface area contributed by atoms with Crippen molar-refractivity contribution in [2.45, 2.75) is 19.3 Å². The van der Waals surface area contributed by atoms with Crippen molar-refractivity contribution in [2.24, 2.45) is 0 Å². The molecule has 0 radical (unpaired) electrons. The standard InChI is InChI=1S/C21H19BrN2O3/c22-18-8-4-7-16(11-18)12-20(27-14-15-5-2-1-3-6-15)24-19-10-9-17(13-23-19)21(25)26/h1-11,13,20H,12,14H2,(H,23,24)(H,25,26). The summed E-state index contributed by atoms with van der Waals surface area (Å²) >= 11 is 3.49. The molecule has 3 aromatic rings. The molecule has 1 heterocycles. The van der Waals surface area contributed by atoms with Gasteiger partial charge in [-0.25, -0.2) is 9.78 Å². The predicted molar refractivity (Wildman–Crippen MR) is 108 cm³/mol. The zero-order valence-electron chi connectivity index (χ0n) is 14.5. The molecule has 0 bridgehead atoms. The second-order valence-electron chi connectivity index (χ2n) is 6.00. The quantitative estimate of drug-likeness (QED) is 0.509. The molecule has 0 aliphatic carbocycles. The normalized spacial score (nSPS) is 11.7. The first kappa shape index (κ1) is 19.1. The number of carbonyl (C=O) groups is 1. The number of benzene rings is 2. The highest BCUT2D eigenvalue weighted by atomic mass is 79.9. The van der Waals surface area contributed by atoms with Crippen LogP contribution in [0.25, 0.3) is 0 Å². The SMILES string of the molecule is O=C(O)c1ccc(NC(Cc2cccc(Br)c2)OCc2ccccc2)nc1. The number of nitrogens with one attached hydrogen (secondary N) is 1. The highest BCUT2D eigenvalue weighted by molar-refractivity contribution is 9.10. The zero-order chi connectivity index (χ0) is 19.1. The van der Waals surface area contributed by atoms with Gasteiger partial charge in [-0.05, 0) is 35.4 Å². The number of halogens is 1. The van der Waals surface area contributed by atoms with Gasteiger partial charge in [0.1, 0.15) is 12.0 Å². The summed E-state index contributed by atoms with van der Waals surface area (Å²) in [6, 6.07) is 21.1. The molecule has 2 N–H and O–H groups in total. The molecule has 0 spiro atoms. The fourth-order valence-electron chi connectivity index (χ4n) is 2.57. The lowest BCUT2D eigenvalue weighted by atomic mass is 10.1. The van der Waals surface area contributed by atoms with E-state index in [1.165, 1.54) is 12.3 Å². The largest absolute Gasteiger partial charge is 0.478 e. The molecule has 6 heteroatoms. The second-order valence-corrected chi connectivity index (χ2v) is 6.92. The minimum atomic E-state index is -1.000. The number of ether oxygens (including phenoxy) is 1. The predicted octanol–water partition coefficient (Wildman–Crippen LogP) is 4.74. The maximum Gasteiger partial charge on any atom is 0.337 e. The number of carboxylic acid groups (broad SMARTS) is 1. The Labute approximate surface area is 166 Å². The summed E-state index contributed by atoms with van der Waals surface area (Å²) in [7, 11) is 0. The van der Waals surface area contributed by atoms with Crippen LogP contribution in [0.1, 0.15) is 21.5 Å². The Kier molecular flexibility index (Phi) is 6.57. The van der Waals surface area contributed by atoms with E-state index in [2.05, 4.69) is 26.2 Å². The number of nitrogens with zero attached hydrogens (tertiary/aromatic N) is 1. The number of rotatable bonds is 8. The van der Waals surface area contributed by atoms with Crippen molar-refractivity contribution in [1.82, 2.24) is 4.98 Å². The Balaban J connectivity index is 1.72. The molecule has 138 valence electrons. The number of carboxylic acids is 1. The van der Waals surface area contributed by atoms with Gasteiger partial charge in [0.25, 0.3) is 0 Å². The third-order valence-electron chi connectivity index (χ3n) is 3.92. The maximum absolute atomic E-state index is 11.0. The molecule has 0 fully saturated rings. The average Bonchev–Trinajstić information content (AvgIpc) is 2.67. The van der Waals surface area contributed by atoms with Crippen molar-refractivity contribution in [3.05, 3.63) is 94.1 Å². The molecule has 1 atom stereocenters. The second kappa shape index (κ2) is 9.30. The van der Waals surface area contributed by atoms with Crippen molar-refractivity contribution in [3.63, 3.8) is 0 Å². The highest BCUT2D eigenvalue weighted by Crippen LogP contribution is 2.16. The summed E-state index contributed by atoms with van der Waals surface area (Å²) in [5.41, 5.74) is 2.33. The van der Waals surface area contributed by atoms with Gasteiger partial charge in [0, 0.05) is 17.1 Å². The first-order valence-corrected chi connectivity index (χ1v) is 9.25. The minimum Gasteiger partial charge on any atom is -0.478 e.